The molecule has 0 aliphatic carbocycles. The van der Waals surface area contributed by atoms with Crippen LogP contribution < -0.4 is 19.6 Å². The largest absolute Gasteiger partial charge is 0.493 e. The van der Waals surface area contributed by atoms with E-state index in [4.69, 9.17) is 14.2 Å². The quantitative estimate of drug-likeness (QED) is 0.214. The number of ether oxygens (including phenoxy) is 3. The molecule has 0 saturated carbocycles. The van der Waals surface area contributed by atoms with Gasteiger partial charge in [-0.1, -0.05) is 64.5 Å². The van der Waals surface area contributed by atoms with Crippen molar-refractivity contribution in [3.63, 3.8) is 0 Å². The van der Waals surface area contributed by atoms with Crippen molar-refractivity contribution < 1.29 is 14.2 Å². The van der Waals surface area contributed by atoms with Gasteiger partial charge in [-0.3, -0.25) is 0 Å². The second-order valence-corrected chi connectivity index (χ2v) is 8.31. The van der Waals surface area contributed by atoms with Gasteiger partial charge >= 0.3 is 0 Å². The lowest BCUT2D eigenvalue weighted by Gasteiger charge is -2.12. The number of nitrogens with one attached hydrogen (secondary N) is 1. The lowest BCUT2D eigenvalue weighted by molar-refractivity contribution is 0.306. The molecule has 4 aromatic carbocycles. The molecule has 4 aromatic rings. The molecular formula is C27H25BrN2O3. The minimum Gasteiger partial charge on any atom is -0.493 e. The highest BCUT2D eigenvalue weighted by Crippen LogP contribution is 2.28. The third-order valence-corrected chi connectivity index (χ3v) is 5.78. The summed E-state index contributed by atoms with van der Waals surface area (Å²) in [4.78, 5) is 0. The predicted octanol–water partition coefficient (Wildman–Crippen LogP) is 6.32. The summed E-state index contributed by atoms with van der Waals surface area (Å²) in [6.07, 6.45) is 1.82. The van der Waals surface area contributed by atoms with Gasteiger partial charge in [-0.25, -0.2) is 0 Å². The van der Waals surface area contributed by atoms with Gasteiger partial charge in [-0.2, -0.15) is 5.10 Å². The third-order valence-electron chi connectivity index (χ3n) is 5.25. The average Bonchev–Trinajstić information content (AvgIpc) is 2.86. The highest BCUT2D eigenvalue weighted by Gasteiger charge is 2.08. The van der Waals surface area contributed by atoms with Gasteiger partial charge in [-0.05, 0) is 52.2 Å². The number of methoxy groups -OCH3 is 2. The number of benzene rings is 4. The number of nitrogens with zero attached hydrogens (tertiary/aromatic N) is 1. The lowest BCUT2D eigenvalue weighted by Crippen LogP contribution is -2.07. The van der Waals surface area contributed by atoms with E-state index in [1.165, 1.54) is 0 Å². The first-order chi connectivity index (χ1) is 16.2. The maximum atomic E-state index is 6.18. The van der Waals surface area contributed by atoms with Crippen LogP contribution in [0.4, 0.5) is 0 Å². The molecule has 0 saturated heterocycles. The van der Waals surface area contributed by atoms with Crippen LogP contribution in [0.1, 0.15) is 16.7 Å². The Balaban J connectivity index is 1.52. The number of rotatable bonds is 9. The van der Waals surface area contributed by atoms with Gasteiger partial charge in [0.2, 0.25) is 0 Å². The van der Waals surface area contributed by atoms with Crippen LogP contribution in [-0.2, 0) is 13.2 Å². The van der Waals surface area contributed by atoms with Crippen molar-refractivity contribution in [3.8, 4) is 17.2 Å². The van der Waals surface area contributed by atoms with Crippen LogP contribution in [0.3, 0.4) is 0 Å². The number of halogens is 1. The summed E-state index contributed by atoms with van der Waals surface area (Å²) in [5, 5.41) is 6.70. The fourth-order valence-corrected chi connectivity index (χ4v) is 3.78. The molecule has 1 N–H and O–H groups in total. The molecule has 0 spiro atoms. The monoisotopic (exact) mass is 504 g/mol. The molecule has 0 radical (unpaired) electrons. The molecule has 6 heteroatoms. The van der Waals surface area contributed by atoms with E-state index in [0.29, 0.717) is 24.7 Å². The van der Waals surface area contributed by atoms with Gasteiger partial charge in [-0.15, -0.1) is 0 Å². The topological polar surface area (TPSA) is 52.1 Å². The summed E-state index contributed by atoms with van der Waals surface area (Å²) < 4.78 is 17.9. The number of fused-ring (bicyclic) bond motifs is 1. The maximum Gasteiger partial charge on any atom is 0.161 e. The Bertz CT molecular complexity index is 1260. The summed E-state index contributed by atoms with van der Waals surface area (Å²) in [5.41, 5.74) is 6.19. The summed E-state index contributed by atoms with van der Waals surface area (Å²) in [6, 6.07) is 26.2. The lowest BCUT2D eigenvalue weighted by atomic mass is 10.0. The van der Waals surface area contributed by atoms with E-state index < -0.39 is 0 Å². The van der Waals surface area contributed by atoms with E-state index in [9.17, 15) is 0 Å². The molecule has 0 atom stereocenters. The van der Waals surface area contributed by atoms with Crippen LogP contribution in [0.2, 0.25) is 0 Å². The van der Waals surface area contributed by atoms with Crippen molar-refractivity contribution in [1.82, 2.24) is 5.43 Å². The van der Waals surface area contributed by atoms with Crippen LogP contribution in [0, 0.1) is 0 Å². The molecular weight excluding hydrogens is 480 g/mol. The van der Waals surface area contributed by atoms with Crippen molar-refractivity contribution in [3.05, 3.63) is 100 Å². The molecule has 0 bridgehead atoms. The Kier molecular flexibility index (Phi) is 7.47. The first-order valence-electron chi connectivity index (χ1n) is 10.5. The first-order valence-corrected chi connectivity index (χ1v) is 11.3. The van der Waals surface area contributed by atoms with E-state index in [-0.39, 0.29) is 0 Å². The molecule has 168 valence electrons. The van der Waals surface area contributed by atoms with Gasteiger partial charge < -0.3 is 19.6 Å². The molecule has 0 aliphatic rings. The average molecular weight is 505 g/mol. The van der Waals surface area contributed by atoms with E-state index in [0.717, 1.165) is 37.7 Å². The van der Waals surface area contributed by atoms with Gasteiger partial charge in [0, 0.05) is 10.0 Å². The maximum absolute atomic E-state index is 6.18. The van der Waals surface area contributed by atoms with Crippen LogP contribution in [0.15, 0.2) is 88.4 Å². The zero-order valence-corrected chi connectivity index (χ0v) is 20.1. The van der Waals surface area contributed by atoms with Crippen LogP contribution in [-0.4, -0.2) is 20.4 Å². The number of hydrazone groups is 1. The SMILES string of the molecule is COc1ccc(CN/N=C\c2c(OCc3ccc(Br)cc3)ccc3ccccc23)cc1OC. The summed E-state index contributed by atoms with van der Waals surface area (Å²) in [5.74, 6) is 2.18. The fourth-order valence-electron chi connectivity index (χ4n) is 3.51. The highest BCUT2D eigenvalue weighted by molar-refractivity contribution is 9.10. The molecule has 33 heavy (non-hydrogen) atoms. The molecule has 0 unspecified atom stereocenters. The first kappa shape index (κ1) is 22.7. The summed E-state index contributed by atoms with van der Waals surface area (Å²) >= 11 is 3.47. The Morgan fingerprint density at radius 2 is 1.55 bits per heavy atom. The van der Waals surface area contributed by atoms with E-state index in [1.54, 1.807) is 14.2 Å². The zero-order valence-electron chi connectivity index (χ0n) is 18.5. The second-order valence-electron chi connectivity index (χ2n) is 7.40. The normalized spacial score (nSPS) is 11.0. The Morgan fingerprint density at radius 3 is 2.33 bits per heavy atom. The third kappa shape index (κ3) is 5.65. The smallest absolute Gasteiger partial charge is 0.161 e. The van der Waals surface area contributed by atoms with Crippen molar-refractivity contribution in [2.45, 2.75) is 13.2 Å². The standard InChI is InChI=1S/C27H25BrN2O3/c1-31-26-13-9-20(15-27(26)32-2)16-29-30-17-24-23-6-4-3-5-21(23)10-14-25(24)33-18-19-7-11-22(28)12-8-19/h3-15,17,29H,16,18H2,1-2H3/b30-17-. The summed E-state index contributed by atoms with van der Waals surface area (Å²) in [7, 11) is 3.25. The van der Waals surface area contributed by atoms with Crippen LogP contribution in [0.25, 0.3) is 10.8 Å². The minimum absolute atomic E-state index is 0.478. The van der Waals surface area contributed by atoms with Crippen molar-refractivity contribution in [1.29, 1.82) is 0 Å². The Hall–Kier alpha value is -3.51. The van der Waals surface area contributed by atoms with Gasteiger partial charge in [0.25, 0.3) is 0 Å². The van der Waals surface area contributed by atoms with Crippen LogP contribution in [0.5, 0.6) is 17.2 Å². The molecule has 5 nitrogen and oxygen atoms in total. The second kappa shape index (κ2) is 10.9. The Labute approximate surface area is 202 Å². The van der Waals surface area contributed by atoms with E-state index >= 15 is 0 Å². The molecule has 4 rings (SSSR count). The molecule has 0 amide bonds. The Morgan fingerprint density at radius 1 is 0.818 bits per heavy atom. The number of hydrogen-bond acceptors (Lipinski definition) is 5. The molecule has 0 aliphatic heterocycles. The van der Waals surface area contributed by atoms with E-state index in [1.807, 2.05) is 66.9 Å². The number of hydrogen-bond donors (Lipinski definition) is 1. The molecule has 0 aromatic heterocycles. The minimum atomic E-state index is 0.478. The molecule has 0 heterocycles. The zero-order chi connectivity index (χ0) is 23.0. The van der Waals surface area contributed by atoms with Gasteiger partial charge in [0.1, 0.15) is 12.4 Å². The highest BCUT2D eigenvalue weighted by atomic mass is 79.9. The fraction of sp³-hybridized carbons (Fsp3) is 0.148. The van der Waals surface area contributed by atoms with Gasteiger partial charge in [0.15, 0.2) is 11.5 Å². The van der Waals surface area contributed by atoms with Crippen molar-refractivity contribution in [2.24, 2.45) is 5.10 Å². The summed E-state index contributed by atoms with van der Waals surface area (Å²) in [6.45, 7) is 1.03. The molecule has 0 fully saturated rings. The van der Waals surface area contributed by atoms with Crippen molar-refractivity contribution >= 4 is 32.9 Å². The predicted molar refractivity (Wildman–Crippen MR) is 136 cm³/mol. The van der Waals surface area contributed by atoms with Gasteiger partial charge in [0.05, 0.1) is 27.0 Å². The van der Waals surface area contributed by atoms with Crippen molar-refractivity contribution in [2.75, 3.05) is 14.2 Å². The van der Waals surface area contributed by atoms with E-state index in [2.05, 4.69) is 44.7 Å². The van der Waals surface area contributed by atoms with Crippen LogP contribution >= 0.6 is 15.9 Å².